The lowest BCUT2D eigenvalue weighted by Gasteiger charge is -2.34. The Morgan fingerprint density at radius 3 is 2.03 bits per heavy atom. The molecule has 0 unspecified atom stereocenters. The molecular formula is C21H24F2N2O5S. The number of halogens is 2. The molecule has 7 nitrogen and oxygen atoms in total. The molecule has 0 N–H and O–H groups in total. The van der Waals surface area contributed by atoms with Gasteiger partial charge in [0.05, 0.1) is 14.2 Å². The van der Waals surface area contributed by atoms with Gasteiger partial charge in [0.2, 0.25) is 15.9 Å². The highest BCUT2D eigenvalue weighted by molar-refractivity contribution is 7.89. The average molecular weight is 454 g/mol. The van der Waals surface area contributed by atoms with E-state index in [1.807, 2.05) is 12.1 Å². The molecule has 168 valence electrons. The highest BCUT2D eigenvalue weighted by Gasteiger charge is 2.33. The zero-order chi connectivity index (χ0) is 22.6. The molecule has 1 aliphatic rings. The third-order valence-corrected chi connectivity index (χ3v) is 7.10. The number of rotatable bonds is 7. The molecule has 2 aromatic carbocycles. The zero-order valence-corrected chi connectivity index (χ0v) is 18.1. The highest BCUT2D eigenvalue weighted by Crippen LogP contribution is 2.25. The topological polar surface area (TPSA) is 76.2 Å². The van der Waals surface area contributed by atoms with Crippen molar-refractivity contribution in [3.05, 3.63) is 53.6 Å². The van der Waals surface area contributed by atoms with Crippen LogP contribution in [0.1, 0.15) is 12.0 Å². The van der Waals surface area contributed by atoms with Crippen LogP contribution < -0.4 is 9.47 Å². The molecule has 1 aliphatic heterocycles. The van der Waals surface area contributed by atoms with Crippen molar-refractivity contribution in [2.24, 2.45) is 0 Å². The van der Waals surface area contributed by atoms with E-state index in [1.165, 1.54) is 0 Å². The number of piperazine rings is 1. The second kappa shape index (κ2) is 9.61. The van der Waals surface area contributed by atoms with Crippen molar-refractivity contribution in [2.75, 3.05) is 40.4 Å². The third kappa shape index (κ3) is 5.13. The smallest absolute Gasteiger partial charge is 0.249 e. The van der Waals surface area contributed by atoms with Crippen LogP contribution >= 0.6 is 0 Å². The molecule has 0 saturated carbocycles. The SMILES string of the molecule is COc1cc(CCC(=O)N2CCN(S(=O)(=O)c3c(F)cccc3F)CC2)cc(OC)c1. The first-order valence-electron chi connectivity index (χ1n) is 9.70. The fraction of sp³-hybridized carbons (Fsp3) is 0.381. The van der Waals surface area contributed by atoms with E-state index in [1.54, 1.807) is 25.2 Å². The van der Waals surface area contributed by atoms with E-state index < -0.39 is 26.6 Å². The monoisotopic (exact) mass is 454 g/mol. The summed E-state index contributed by atoms with van der Waals surface area (Å²) in [6.45, 7) is 0.231. The van der Waals surface area contributed by atoms with Crippen LogP contribution in [-0.2, 0) is 21.2 Å². The molecular weight excluding hydrogens is 430 g/mol. The number of sulfonamides is 1. The first kappa shape index (κ1) is 23.0. The molecule has 1 saturated heterocycles. The number of ether oxygens (including phenoxy) is 2. The van der Waals surface area contributed by atoms with Crippen LogP contribution in [0.15, 0.2) is 41.3 Å². The van der Waals surface area contributed by atoms with Crippen molar-refractivity contribution in [3.63, 3.8) is 0 Å². The number of carbonyl (C=O) groups excluding carboxylic acids is 1. The fourth-order valence-electron chi connectivity index (χ4n) is 3.46. The summed E-state index contributed by atoms with van der Waals surface area (Å²) >= 11 is 0. The zero-order valence-electron chi connectivity index (χ0n) is 17.3. The molecule has 0 spiro atoms. The van der Waals surface area contributed by atoms with Crippen molar-refractivity contribution in [2.45, 2.75) is 17.7 Å². The van der Waals surface area contributed by atoms with Crippen molar-refractivity contribution in [3.8, 4) is 11.5 Å². The van der Waals surface area contributed by atoms with Gasteiger partial charge in [-0.2, -0.15) is 4.31 Å². The van der Waals surface area contributed by atoms with Gasteiger partial charge in [0.15, 0.2) is 4.90 Å². The lowest BCUT2D eigenvalue weighted by Crippen LogP contribution is -2.50. The molecule has 1 fully saturated rings. The fourth-order valence-corrected chi connectivity index (χ4v) is 4.99. The van der Waals surface area contributed by atoms with Gasteiger partial charge in [-0.25, -0.2) is 17.2 Å². The van der Waals surface area contributed by atoms with Crippen LogP contribution in [0.3, 0.4) is 0 Å². The quantitative estimate of drug-likeness (QED) is 0.643. The van der Waals surface area contributed by atoms with E-state index in [9.17, 15) is 22.0 Å². The molecule has 0 aromatic heterocycles. The Hall–Kier alpha value is -2.72. The Kier molecular flexibility index (Phi) is 7.11. The predicted octanol–water partition coefficient (Wildman–Crippen LogP) is 2.45. The predicted molar refractivity (Wildman–Crippen MR) is 110 cm³/mol. The summed E-state index contributed by atoms with van der Waals surface area (Å²) in [6, 6.07) is 8.31. The highest BCUT2D eigenvalue weighted by atomic mass is 32.2. The Morgan fingerprint density at radius 2 is 1.52 bits per heavy atom. The maximum Gasteiger partial charge on any atom is 0.249 e. The van der Waals surface area contributed by atoms with Gasteiger partial charge in [-0.1, -0.05) is 6.07 Å². The van der Waals surface area contributed by atoms with Crippen LogP contribution in [0.25, 0.3) is 0 Å². The van der Waals surface area contributed by atoms with Gasteiger partial charge in [0.25, 0.3) is 0 Å². The summed E-state index contributed by atoms with van der Waals surface area (Å²) < 4.78 is 64.7. The van der Waals surface area contributed by atoms with E-state index in [2.05, 4.69) is 0 Å². The first-order valence-corrected chi connectivity index (χ1v) is 11.1. The number of hydrogen-bond acceptors (Lipinski definition) is 5. The van der Waals surface area contributed by atoms with E-state index in [0.717, 1.165) is 28.1 Å². The standard InChI is InChI=1S/C21H24F2N2O5S/c1-29-16-12-15(13-17(14-16)30-2)6-7-20(26)24-8-10-25(11-9-24)31(27,28)21-18(22)4-3-5-19(21)23/h3-5,12-14H,6-11H2,1-2H3. The maximum atomic E-state index is 13.9. The first-order chi connectivity index (χ1) is 14.8. The summed E-state index contributed by atoms with van der Waals surface area (Å²) in [5.74, 6) is -1.14. The Morgan fingerprint density at radius 1 is 0.968 bits per heavy atom. The van der Waals surface area contributed by atoms with E-state index >= 15 is 0 Å². The molecule has 1 amide bonds. The summed E-state index contributed by atoms with van der Waals surface area (Å²) in [6.07, 6.45) is 0.691. The minimum Gasteiger partial charge on any atom is -0.497 e. The van der Waals surface area contributed by atoms with Gasteiger partial charge in [-0.05, 0) is 36.2 Å². The van der Waals surface area contributed by atoms with Crippen molar-refractivity contribution >= 4 is 15.9 Å². The maximum absolute atomic E-state index is 13.9. The van der Waals surface area contributed by atoms with Gasteiger partial charge >= 0.3 is 0 Å². The summed E-state index contributed by atoms with van der Waals surface area (Å²) in [5.41, 5.74) is 0.876. The van der Waals surface area contributed by atoms with E-state index in [4.69, 9.17) is 9.47 Å². The molecule has 1 heterocycles. The van der Waals surface area contributed by atoms with Gasteiger partial charge < -0.3 is 14.4 Å². The van der Waals surface area contributed by atoms with E-state index in [0.29, 0.717) is 17.9 Å². The molecule has 31 heavy (non-hydrogen) atoms. The summed E-state index contributed by atoms with van der Waals surface area (Å²) in [5, 5.41) is 0. The van der Waals surface area contributed by atoms with Gasteiger partial charge in [0, 0.05) is 38.7 Å². The van der Waals surface area contributed by atoms with Crippen molar-refractivity contribution in [1.29, 1.82) is 0 Å². The van der Waals surface area contributed by atoms with Crippen LogP contribution in [0.5, 0.6) is 11.5 Å². The lowest BCUT2D eigenvalue weighted by atomic mass is 10.1. The number of hydrogen-bond donors (Lipinski definition) is 0. The van der Waals surface area contributed by atoms with Gasteiger partial charge in [-0.15, -0.1) is 0 Å². The molecule has 0 aliphatic carbocycles. The molecule has 0 radical (unpaired) electrons. The van der Waals surface area contributed by atoms with Gasteiger partial charge in [-0.3, -0.25) is 4.79 Å². The molecule has 3 rings (SSSR count). The number of methoxy groups -OCH3 is 2. The molecule has 2 aromatic rings. The van der Waals surface area contributed by atoms with Crippen LogP contribution in [0, 0.1) is 11.6 Å². The largest absolute Gasteiger partial charge is 0.497 e. The van der Waals surface area contributed by atoms with Gasteiger partial charge in [0.1, 0.15) is 23.1 Å². The van der Waals surface area contributed by atoms with Crippen LogP contribution in [0.4, 0.5) is 8.78 Å². The number of benzene rings is 2. The molecule has 0 bridgehead atoms. The van der Waals surface area contributed by atoms with Crippen LogP contribution in [-0.4, -0.2) is 63.9 Å². The molecule has 10 heteroatoms. The summed E-state index contributed by atoms with van der Waals surface area (Å²) in [7, 11) is -1.23. The van der Waals surface area contributed by atoms with E-state index in [-0.39, 0.29) is 38.5 Å². The molecule has 0 atom stereocenters. The second-order valence-electron chi connectivity index (χ2n) is 7.06. The Balaban J connectivity index is 1.60. The second-order valence-corrected chi connectivity index (χ2v) is 8.93. The minimum atomic E-state index is -4.33. The number of aryl methyl sites for hydroxylation is 1. The van der Waals surface area contributed by atoms with Crippen molar-refractivity contribution < 1.29 is 31.5 Å². The van der Waals surface area contributed by atoms with Crippen molar-refractivity contribution in [1.82, 2.24) is 9.21 Å². The minimum absolute atomic E-state index is 0.0329. The average Bonchev–Trinajstić information content (AvgIpc) is 2.77. The van der Waals surface area contributed by atoms with Crippen LogP contribution in [0.2, 0.25) is 0 Å². The number of carbonyl (C=O) groups is 1. The normalized spacial score (nSPS) is 15.0. The third-order valence-electron chi connectivity index (χ3n) is 5.15. The Bertz CT molecular complexity index is 1010. The number of nitrogens with zero attached hydrogens (tertiary/aromatic N) is 2. The summed E-state index contributed by atoms with van der Waals surface area (Å²) in [4.78, 5) is 13.2. The Labute approximate surface area is 180 Å². The number of amides is 1. The lowest BCUT2D eigenvalue weighted by molar-refractivity contribution is -0.132.